The number of amides is 1. The highest BCUT2D eigenvalue weighted by Crippen LogP contribution is 2.21. The van der Waals surface area contributed by atoms with Crippen molar-refractivity contribution in [2.24, 2.45) is 0 Å². The molecule has 0 saturated heterocycles. The number of rotatable bonds is 6. The number of carbonyl (C=O) groups is 2. The number of carbonyl (C=O) groups excluding carboxylic acids is 1. The van der Waals surface area contributed by atoms with Gasteiger partial charge in [0, 0.05) is 11.6 Å². The van der Waals surface area contributed by atoms with E-state index in [0.29, 0.717) is 10.7 Å². The molecule has 28 heavy (non-hydrogen) atoms. The van der Waals surface area contributed by atoms with E-state index in [9.17, 15) is 18.8 Å². The summed E-state index contributed by atoms with van der Waals surface area (Å²) in [5.74, 6) is -2.61. The van der Waals surface area contributed by atoms with Gasteiger partial charge in [-0.1, -0.05) is 41.9 Å². The number of H-pyrrole nitrogens is 1. The number of nitrogens with zero attached hydrogens (tertiary/aromatic N) is 1. The normalized spacial score (nSPS) is 11.8. The third-order valence-electron chi connectivity index (χ3n) is 4.02. The number of hydrogen-bond donors (Lipinski definition) is 3. The van der Waals surface area contributed by atoms with Crippen LogP contribution >= 0.6 is 11.6 Å². The Morgan fingerprint density at radius 3 is 2.54 bits per heavy atom. The summed E-state index contributed by atoms with van der Waals surface area (Å²) in [5.41, 5.74) is -0.258. The van der Waals surface area contributed by atoms with E-state index in [0.717, 1.165) is 10.7 Å². The maximum atomic E-state index is 14.1. The van der Waals surface area contributed by atoms with E-state index in [1.54, 1.807) is 24.3 Å². The second-order valence-corrected chi connectivity index (χ2v) is 6.35. The van der Waals surface area contributed by atoms with Crippen molar-refractivity contribution >= 4 is 23.5 Å². The Hall–Kier alpha value is -3.39. The minimum Gasteiger partial charge on any atom is -0.481 e. The van der Waals surface area contributed by atoms with Crippen molar-refractivity contribution in [3.63, 3.8) is 0 Å². The molecule has 0 aliphatic rings. The van der Waals surface area contributed by atoms with Crippen LogP contribution in [0.25, 0.3) is 5.69 Å². The first-order valence-electron chi connectivity index (χ1n) is 8.21. The van der Waals surface area contributed by atoms with Crippen LogP contribution in [0, 0.1) is 5.82 Å². The first kappa shape index (κ1) is 19.4. The van der Waals surface area contributed by atoms with E-state index >= 15 is 0 Å². The molecule has 0 spiro atoms. The third-order valence-corrected chi connectivity index (χ3v) is 4.34. The zero-order valence-corrected chi connectivity index (χ0v) is 15.1. The number of carboxylic acid groups (broad SMARTS) is 1. The number of aliphatic carboxylic acids is 1. The molecule has 1 aromatic heterocycles. The Kier molecular flexibility index (Phi) is 5.60. The number of halogens is 2. The number of para-hydroxylation sites is 1. The molecule has 2 aromatic carbocycles. The standard InChI is InChI=1S/C19H15ClFN3O4/c20-12-6-2-4-8-16(12)24-17(25)9-15(23-24)19(28)22-14(10-18(26)27)11-5-1-3-7-13(11)21/h1-9,14,23H,10H2,(H,22,28)(H,26,27)/t14-/m0/s1. The van der Waals surface area contributed by atoms with Crippen LogP contribution < -0.4 is 10.9 Å². The van der Waals surface area contributed by atoms with Crippen LogP contribution in [-0.4, -0.2) is 26.8 Å². The zero-order chi connectivity index (χ0) is 20.3. The van der Waals surface area contributed by atoms with Gasteiger partial charge in [0.1, 0.15) is 11.5 Å². The lowest BCUT2D eigenvalue weighted by Crippen LogP contribution is -2.31. The van der Waals surface area contributed by atoms with Gasteiger partial charge in [-0.25, -0.2) is 9.07 Å². The highest BCUT2D eigenvalue weighted by molar-refractivity contribution is 6.32. The molecule has 0 fully saturated rings. The molecule has 0 unspecified atom stereocenters. The van der Waals surface area contributed by atoms with Crippen LogP contribution in [0.4, 0.5) is 4.39 Å². The number of aromatic nitrogens is 2. The van der Waals surface area contributed by atoms with Gasteiger partial charge in [-0.15, -0.1) is 0 Å². The Morgan fingerprint density at radius 1 is 1.18 bits per heavy atom. The quantitative estimate of drug-likeness (QED) is 0.588. The molecule has 0 aliphatic carbocycles. The summed E-state index contributed by atoms with van der Waals surface area (Å²) in [4.78, 5) is 35.9. The Balaban J connectivity index is 1.90. The van der Waals surface area contributed by atoms with Crippen LogP contribution in [0.3, 0.4) is 0 Å². The number of aromatic amines is 1. The van der Waals surface area contributed by atoms with Crippen molar-refractivity contribution in [2.45, 2.75) is 12.5 Å². The molecule has 0 bridgehead atoms. The molecule has 144 valence electrons. The molecule has 1 amide bonds. The fraction of sp³-hybridized carbons (Fsp3) is 0.105. The van der Waals surface area contributed by atoms with Gasteiger partial charge < -0.3 is 10.4 Å². The summed E-state index contributed by atoms with van der Waals surface area (Å²) >= 11 is 6.07. The predicted octanol–water partition coefficient (Wildman–Crippen LogP) is 2.90. The molecule has 9 heteroatoms. The minimum atomic E-state index is -1.21. The van der Waals surface area contributed by atoms with E-state index < -0.39 is 35.7 Å². The minimum absolute atomic E-state index is 0.0335. The molecule has 1 heterocycles. The lowest BCUT2D eigenvalue weighted by Gasteiger charge is -2.17. The summed E-state index contributed by atoms with van der Waals surface area (Å²) in [6.45, 7) is 0. The van der Waals surface area contributed by atoms with Crippen molar-refractivity contribution in [2.75, 3.05) is 0 Å². The van der Waals surface area contributed by atoms with Gasteiger partial charge in [-0.2, -0.15) is 0 Å². The molecular formula is C19H15ClFN3O4. The monoisotopic (exact) mass is 403 g/mol. The Bertz CT molecular complexity index is 1090. The molecular weight excluding hydrogens is 389 g/mol. The maximum Gasteiger partial charge on any atom is 0.305 e. The highest BCUT2D eigenvalue weighted by atomic mass is 35.5. The molecule has 0 saturated carbocycles. The fourth-order valence-electron chi connectivity index (χ4n) is 2.73. The average Bonchev–Trinajstić information content (AvgIpc) is 3.03. The third kappa shape index (κ3) is 4.12. The summed E-state index contributed by atoms with van der Waals surface area (Å²) in [5, 5.41) is 14.5. The Morgan fingerprint density at radius 2 is 1.86 bits per heavy atom. The molecule has 3 N–H and O–H groups in total. The number of hydrogen-bond acceptors (Lipinski definition) is 3. The van der Waals surface area contributed by atoms with Crippen LogP contribution in [0.15, 0.2) is 59.4 Å². The number of benzene rings is 2. The largest absolute Gasteiger partial charge is 0.481 e. The SMILES string of the molecule is O=C(O)C[C@H](NC(=O)c1cc(=O)n(-c2ccccc2Cl)[nH]1)c1ccccc1F. The van der Waals surface area contributed by atoms with E-state index in [1.165, 1.54) is 24.3 Å². The second kappa shape index (κ2) is 8.10. The van der Waals surface area contributed by atoms with E-state index in [-0.39, 0.29) is 11.3 Å². The summed E-state index contributed by atoms with van der Waals surface area (Å²) in [7, 11) is 0. The van der Waals surface area contributed by atoms with Gasteiger partial charge in [0.25, 0.3) is 11.5 Å². The van der Waals surface area contributed by atoms with Crippen molar-refractivity contribution in [3.8, 4) is 5.69 Å². The van der Waals surface area contributed by atoms with Crippen LogP contribution in [0.2, 0.25) is 5.02 Å². The van der Waals surface area contributed by atoms with E-state index in [1.807, 2.05) is 0 Å². The van der Waals surface area contributed by atoms with E-state index in [2.05, 4.69) is 10.4 Å². The van der Waals surface area contributed by atoms with Crippen LogP contribution in [0.5, 0.6) is 0 Å². The van der Waals surface area contributed by atoms with Crippen molar-refractivity contribution in [3.05, 3.63) is 87.0 Å². The predicted molar refractivity (Wildman–Crippen MR) is 100 cm³/mol. The number of carboxylic acids is 1. The molecule has 7 nitrogen and oxygen atoms in total. The lowest BCUT2D eigenvalue weighted by atomic mass is 10.0. The van der Waals surface area contributed by atoms with E-state index in [4.69, 9.17) is 16.7 Å². The van der Waals surface area contributed by atoms with Gasteiger partial charge in [-0.3, -0.25) is 19.5 Å². The topological polar surface area (TPSA) is 104 Å². The van der Waals surface area contributed by atoms with Gasteiger partial charge >= 0.3 is 5.97 Å². The second-order valence-electron chi connectivity index (χ2n) is 5.94. The zero-order valence-electron chi connectivity index (χ0n) is 14.4. The highest BCUT2D eigenvalue weighted by Gasteiger charge is 2.23. The molecule has 3 rings (SSSR count). The van der Waals surface area contributed by atoms with Crippen LogP contribution in [-0.2, 0) is 4.79 Å². The summed E-state index contributed by atoms with van der Waals surface area (Å²) < 4.78 is 15.1. The van der Waals surface area contributed by atoms with Crippen molar-refractivity contribution < 1.29 is 19.1 Å². The molecule has 0 aliphatic heterocycles. The fourth-order valence-corrected chi connectivity index (χ4v) is 2.95. The smallest absolute Gasteiger partial charge is 0.305 e. The van der Waals surface area contributed by atoms with Crippen molar-refractivity contribution in [1.29, 1.82) is 0 Å². The van der Waals surface area contributed by atoms with Gasteiger partial charge in [0.2, 0.25) is 0 Å². The van der Waals surface area contributed by atoms with Crippen LogP contribution in [0.1, 0.15) is 28.5 Å². The van der Waals surface area contributed by atoms with Gasteiger partial charge in [0.05, 0.1) is 23.2 Å². The molecule has 1 atom stereocenters. The van der Waals surface area contributed by atoms with Gasteiger partial charge in [-0.05, 0) is 18.2 Å². The average molecular weight is 404 g/mol. The molecule has 3 aromatic rings. The van der Waals surface area contributed by atoms with Gasteiger partial charge in [0.15, 0.2) is 0 Å². The summed E-state index contributed by atoms with van der Waals surface area (Å²) in [6.07, 6.45) is -0.526. The molecule has 0 radical (unpaired) electrons. The first-order valence-corrected chi connectivity index (χ1v) is 8.58. The maximum absolute atomic E-state index is 14.1. The number of nitrogens with one attached hydrogen (secondary N) is 2. The first-order chi connectivity index (χ1) is 13.4. The lowest BCUT2D eigenvalue weighted by molar-refractivity contribution is -0.137. The summed E-state index contributed by atoms with van der Waals surface area (Å²) in [6, 6.07) is 12.0. The van der Waals surface area contributed by atoms with Crippen molar-refractivity contribution in [1.82, 2.24) is 15.1 Å². The Labute approximate surface area is 163 Å².